The average Bonchev–Trinajstić information content (AvgIpc) is 3.25. The topological polar surface area (TPSA) is 44.0 Å². The van der Waals surface area contributed by atoms with Gasteiger partial charge < -0.3 is 15.2 Å². The van der Waals surface area contributed by atoms with Crippen LogP contribution in [0.25, 0.3) is 11.0 Å². The monoisotopic (exact) mass is 362 g/mol. The second-order valence-corrected chi connectivity index (χ2v) is 8.28. The van der Waals surface area contributed by atoms with E-state index in [1.807, 2.05) is 17.8 Å². The first-order valence-electron chi connectivity index (χ1n) is 8.69. The average molecular weight is 363 g/mol. The Morgan fingerprint density at radius 2 is 1.92 bits per heavy atom. The molecule has 4 rings (SSSR count). The van der Waals surface area contributed by atoms with E-state index in [1.165, 1.54) is 11.1 Å². The van der Waals surface area contributed by atoms with Crippen molar-refractivity contribution in [3.8, 4) is 0 Å². The molecule has 0 unspecified atom stereocenters. The second kappa shape index (κ2) is 6.62. The van der Waals surface area contributed by atoms with Crippen molar-refractivity contribution in [2.45, 2.75) is 37.1 Å². The van der Waals surface area contributed by atoms with Crippen LogP contribution >= 0.6 is 23.4 Å². The Morgan fingerprint density at radius 3 is 2.58 bits per heavy atom. The molecule has 4 nitrogen and oxygen atoms in total. The van der Waals surface area contributed by atoms with Crippen LogP contribution in [0.4, 0.5) is 5.69 Å². The molecule has 128 valence electrons. The molecule has 1 aromatic carbocycles. The highest BCUT2D eigenvalue weighted by Crippen LogP contribution is 2.35. The zero-order chi connectivity index (χ0) is 16.7. The van der Waals surface area contributed by atoms with Crippen molar-refractivity contribution < 1.29 is 0 Å². The Kier molecular flexibility index (Phi) is 4.50. The van der Waals surface area contributed by atoms with Crippen molar-refractivity contribution in [2.75, 3.05) is 31.1 Å². The van der Waals surface area contributed by atoms with Crippen LogP contribution in [-0.2, 0) is 0 Å². The summed E-state index contributed by atoms with van der Waals surface area (Å²) >= 11 is 8.41. The number of imidazole rings is 1. The van der Waals surface area contributed by atoms with E-state index < -0.39 is 0 Å². The van der Waals surface area contributed by atoms with E-state index in [2.05, 4.69) is 35.1 Å². The van der Waals surface area contributed by atoms with Gasteiger partial charge in [-0.05, 0) is 36.1 Å². The third kappa shape index (κ3) is 2.93. The number of H-pyrrole nitrogens is 1. The van der Waals surface area contributed by atoms with Gasteiger partial charge in [0.05, 0.1) is 21.7 Å². The summed E-state index contributed by atoms with van der Waals surface area (Å²) in [7, 11) is 0. The zero-order valence-corrected chi connectivity index (χ0v) is 15.7. The van der Waals surface area contributed by atoms with Crippen molar-refractivity contribution in [1.29, 1.82) is 0 Å². The number of anilines is 1. The summed E-state index contributed by atoms with van der Waals surface area (Å²) in [6.45, 7) is 8.46. The second-order valence-electron chi connectivity index (χ2n) is 6.59. The molecule has 0 aliphatic carbocycles. The summed E-state index contributed by atoms with van der Waals surface area (Å²) in [4.78, 5) is 10.6. The van der Waals surface area contributed by atoms with Gasteiger partial charge in [0, 0.05) is 31.4 Å². The molecule has 0 bridgehead atoms. The lowest BCUT2D eigenvalue weighted by molar-refractivity contribution is 0.788. The number of rotatable bonds is 5. The Balaban J connectivity index is 1.60. The number of nitrogens with zero attached hydrogens (tertiary/aromatic N) is 2. The molecule has 2 aromatic rings. The summed E-state index contributed by atoms with van der Waals surface area (Å²) in [5, 5.41) is 5.82. The molecule has 2 N–H and O–H groups in total. The highest BCUT2D eigenvalue weighted by molar-refractivity contribution is 7.99. The Bertz CT molecular complexity index is 778. The predicted octanol–water partition coefficient (Wildman–Crippen LogP) is 4.22. The molecule has 1 aromatic heterocycles. The van der Waals surface area contributed by atoms with Gasteiger partial charge >= 0.3 is 0 Å². The van der Waals surface area contributed by atoms with E-state index in [0.29, 0.717) is 5.25 Å². The number of aromatic amines is 1. The largest absolute Gasteiger partial charge is 0.362 e. The van der Waals surface area contributed by atoms with Crippen molar-refractivity contribution >= 4 is 40.1 Å². The first-order chi connectivity index (χ1) is 11.7. The van der Waals surface area contributed by atoms with Gasteiger partial charge in [-0.3, -0.25) is 0 Å². The molecular formula is C18H23ClN4S. The van der Waals surface area contributed by atoms with E-state index in [1.54, 1.807) is 0 Å². The van der Waals surface area contributed by atoms with Crippen molar-refractivity contribution in [2.24, 2.45) is 0 Å². The van der Waals surface area contributed by atoms with E-state index in [0.717, 1.165) is 65.9 Å². The molecule has 0 saturated heterocycles. The van der Waals surface area contributed by atoms with E-state index in [-0.39, 0.29) is 0 Å². The van der Waals surface area contributed by atoms with Gasteiger partial charge in [-0.15, -0.1) is 0 Å². The molecule has 6 heteroatoms. The first kappa shape index (κ1) is 16.3. The molecule has 0 amide bonds. The van der Waals surface area contributed by atoms with Crippen LogP contribution in [0.5, 0.6) is 0 Å². The lowest BCUT2D eigenvalue weighted by atomic mass is 10.2. The Morgan fingerprint density at radius 1 is 1.21 bits per heavy atom. The van der Waals surface area contributed by atoms with Gasteiger partial charge in [0.1, 0.15) is 0 Å². The smallest absolute Gasteiger partial charge is 0.166 e. The molecule has 0 saturated carbocycles. The van der Waals surface area contributed by atoms with Crippen LogP contribution in [-0.4, -0.2) is 41.4 Å². The normalized spacial score (nSPS) is 17.6. The lowest BCUT2D eigenvalue weighted by Gasteiger charge is -2.21. The van der Waals surface area contributed by atoms with Gasteiger partial charge in [0.2, 0.25) is 0 Å². The maximum atomic E-state index is 6.57. The molecular weight excluding hydrogens is 340 g/mol. The zero-order valence-electron chi connectivity index (χ0n) is 14.2. The minimum Gasteiger partial charge on any atom is -0.362 e. The van der Waals surface area contributed by atoms with Crippen LogP contribution in [0.15, 0.2) is 28.4 Å². The molecule has 0 radical (unpaired) electrons. The predicted molar refractivity (Wildman–Crippen MR) is 103 cm³/mol. The number of halogens is 1. The summed E-state index contributed by atoms with van der Waals surface area (Å²) in [5.41, 5.74) is 6.20. The van der Waals surface area contributed by atoms with Crippen LogP contribution in [0.1, 0.15) is 26.7 Å². The standard InChI is InChI=1S/C18H23ClN4S/c1-3-13(4-2)24-18-21-15-5-14(19)17(6-16(15)22-18)23-9-11-7-20-8-12(11)10-23/h5-6,13,20H,3-4,7-10H2,1-2H3,(H,21,22). The molecule has 2 aliphatic rings. The quantitative estimate of drug-likeness (QED) is 0.617. The SMILES string of the molecule is CCC(CC)Sc1nc2cc(Cl)c(N3CC4=C(CNC4)C3)cc2[nH]1. The minimum atomic E-state index is 0.610. The number of hydrogen-bond donors (Lipinski definition) is 2. The summed E-state index contributed by atoms with van der Waals surface area (Å²) in [5.74, 6) is 0. The molecule has 0 atom stereocenters. The van der Waals surface area contributed by atoms with Gasteiger partial charge in [-0.2, -0.15) is 0 Å². The van der Waals surface area contributed by atoms with Crippen molar-refractivity contribution in [3.05, 3.63) is 28.3 Å². The molecule has 24 heavy (non-hydrogen) atoms. The maximum absolute atomic E-state index is 6.57. The number of fused-ring (bicyclic) bond motifs is 1. The fourth-order valence-corrected chi connectivity index (χ4v) is 4.79. The van der Waals surface area contributed by atoms with Gasteiger partial charge in [0.15, 0.2) is 5.16 Å². The van der Waals surface area contributed by atoms with E-state index in [9.17, 15) is 0 Å². The van der Waals surface area contributed by atoms with Gasteiger partial charge in [-0.1, -0.05) is 37.2 Å². The third-order valence-electron chi connectivity index (χ3n) is 5.00. The van der Waals surface area contributed by atoms with Crippen molar-refractivity contribution in [1.82, 2.24) is 15.3 Å². The summed E-state index contributed by atoms with van der Waals surface area (Å²) in [6, 6.07) is 4.17. The highest BCUT2D eigenvalue weighted by atomic mass is 35.5. The first-order valence-corrected chi connectivity index (χ1v) is 9.95. The number of nitrogens with one attached hydrogen (secondary N) is 2. The van der Waals surface area contributed by atoms with Crippen LogP contribution < -0.4 is 10.2 Å². The fraction of sp³-hybridized carbons (Fsp3) is 0.500. The van der Waals surface area contributed by atoms with Gasteiger partial charge in [0.25, 0.3) is 0 Å². The minimum absolute atomic E-state index is 0.610. The fourth-order valence-electron chi connectivity index (χ4n) is 3.54. The van der Waals surface area contributed by atoms with Crippen molar-refractivity contribution in [3.63, 3.8) is 0 Å². The Hall–Kier alpha value is -1.17. The highest BCUT2D eigenvalue weighted by Gasteiger charge is 2.27. The van der Waals surface area contributed by atoms with Crippen LogP contribution in [0, 0.1) is 0 Å². The lowest BCUT2D eigenvalue weighted by Crippen LogP contribution is -2.26. The van der Waals surface area contributed by atoms with Crippen LogP contribution in [0.3, 0.4) is 0 Å². The Labute approximate surface area is 152 Å². The summed E-state index contributed by atoms with van der Waals surface area (Å²) < 4.78 is 0. The number of thioether (sulfide) groups is 1. The van der Waals surface area contributed by atoms with E-state index in [4.69, 9.17) is 16.6 Å². The number of benzene rings is 1. The third-order valence-corrected chi connectivity index (χ3v) is 6.72. The van der Waals surface area contributed by atoms with Gasteiger partial charge in [-0.25, -0.2) is 4.98 Å². The molecule has 0 spiro atoms. The number of hydrogen-bond acceptors (Lipinski definition) is 4. The van der Waals surface area contributed by atoms with E-state index >= 15 is 0 Å². The molecule has 0 fully saturated rings. The number of aromatic nitrogens is 2. The molecule has 2 aliphatic heterocycles. The maximum Gasteiger partial charge on any atom is 0.166 e. The summed E-state index contributed by atoms with van der Waals surface area (Å²) in [6.07, 6.45) is 2.31. The molecule has 3 heterocycles. The van der Waals surface area contributed by atoms with Crippen LogP contribution in [0.2, 0.25) is 5.02 Å².